The fourth-order valence-electron chi connectivity index (χ4n) is 5.01. The van der Waals surface area contributed by atoms with Gasteiger partial charge in [-0.1, -0.05) is 24.3 Å². The summed E-state index contributed by atoms with van der Waals surface area (Å²) in [7, 11) is -3.32. The lowest BCUT2D eigenvalue weighted by molar-refractivity contribution is -0.129. The van der Waals surface area contributed by atoms with Crippen LogP contribution < -0.4 is 21.1 Å². The van der Waals surface area contributed by atoms with E-state index in [9.17, 15) is 27.6 Å². The Hall–Kier alpha value is -3.73. The smallest absolute Gasteiger partial charge is 0.238 e. The number of hydrogen-bond donors (Lipinski definition) is 4. The first kappa shape index (κ1) is 22.1. The molecule has 4 fully saturated rings. The van der Waals surface area contributed by atoms with E-state index in [1.54, 1.807) is 36.4 Å². The number of fused-ring (bicyclic) bond motifs is 2. The van der Waals surface area contributed by atoms with Crippen molar-refractivity contribution >= 4 is 45.0 Å². The number of amides is 4. The molecule has 0 bridgehead atoms. The summed E-state index contributed by atoms with van der Waals surface area (Å²) in [6.45, 7) is 0. The highest BCUT2D eigenvalue weighted by molar-refractivity contribution is 7.92. The minimum absolute atomic E-state index is 0.142. The molecule has 2 aliphatic heterocycles. The Morgan fingerprint density at radius 1 is 0.794 bits per heavy atom. The molecule has 34 heavy (non-hydrogen) atoms. The summed E-state index contributed by atoms with van der Waals surface area (Å²) >= 11 is 0. The van der Waals surface area contributed by atoms with E-state index >= 15 is 0 Å². The molecular weight excluding hydrogens is 460 g/mol. The summed E-state index contributed by atoms with van der Waals surface area (Å²) in [5.74, 6) is -1.21. The number of carbonyl (C=O) groups excluding carboxylic acids is 4. The Morgan fingerprint density at radius 2 is 1.21 bits per heavy atom. The van der Waals surface area contributed by atoms with Gasteiger partial charge in [-0.25, -0.2) is 8.42 Å². The molecule has 2 aliphatic carbocycles. The van der Waals surface area contributed by atoms with Crippen molar-refractivity contribution in [2.45, 2.75) is 23.7 Å². The van der Waals surface area contributed by atoms with Crippen LogP contribution in [0.1, 0.15) is 24.0 Å². The number of benzene rings is 2. The predicted octanol–water partition coefficient (Wildman–Crippen LogP) is 0.155. The fraction of sp³-hybridized carbons (Fsp3) is 0.304. The average Bonchev–Trinajstić information content (AvgIpc) is 3.64. The number of nitrogens with two attached hydrogens (primary N) is 1. The highest BCUT2D eigenvalue weighted by atomic mass is 32.2. The zero-order valence-electron chi connectivity index (χ0n) is 18.1. The lowest BCUT2D eigenvalue weighted by Crippen LogP contribution is -2.30. The van der Waals surface area contributed by atoms with E-state index in [0.717, 1.165) is 17.4 Å². The number of nitrogens with one attached hydrogen (secondary N) is 3. The van der Waals surface area contributed by atoms with Gasteiger partial charge in [0.05, 0.1) is 28.9 Å². The minimum atomic E-state index is -3.32. The quantitative estimate of drug-likeness (QED) is 0.356. The standard InChI is InChI=1S/C12H12N2O4S.C11H10N2O2/c1-19(17,18)14-8-4-2-7(3-5-8)12-6-9(12)10(15)13-11(12)16;12-7-3-1-6(2-4-7)11-5-8(11)9(14)13-10(11)15/h2-5,9,14H,6H2,1H3,(H,13,15,16);1-4,8H,5,12H2,(H,13,14,15). The van der Waals surface area contributed by atoms with Crippen LogP contribution in [0.4, 0.5) is 11.4 Å². The third-order valence-electron chi connectivity index (χ3n) is 6.97. The van der Waals surface area contributed by atoms with Gasteiger partial charge in [-0.05, 0) is 48.2 Å². The summed E-state index contributed by atoms with van der Waals surface area (Å²) in [5.41, 5.74) is 7.02. The van der Waals surface area contributed by atoms with Crippen LogP contribution in [-0.4, -0.2) is 38.3 Å². The maximum Gasteiger partial charge on any atom is 0.238 e. The van der Waals surface area contributed by atoms with Crippen molar-refractivity contribution in [1.29, 1.82) is 0 Å². The van der Waals surface area contributed by atoms with Crippen LogP contribution in [0, 0.1) is 11.8 Å². The Bertz CT molecular complexity index is 1350. The minimum Gasteiger partial charge on any atom is -0.399 e. The van der Waals surface area contributed by atoms with Crippen molar-refractivity contribution in [1.82, 2.24) is 10.6 Å². The third-order valence-corrected chi connectivity index (χ3v) is 7.57. The SMILES string of the molecule is CS(=O)(=O)Nc1ccc(C23CC2C(=O)NC3=O)cc1.Nc1ccc(C23CC2C(=O)NC3=O)cc1. The molecule has 2 saturated carbocycles. The monoisotopic (exact) mass is 482 g/mol. The zero-order chi connectivity index (χ0) is 24.5. The lowest BCUT2D eigenvalue weighted by Gasteiger charge is -2.11. The number of sulfonamides is 1. The topological polar surface area (TPSA) is 165 Å². The van der Waals surface area contributed by atoms with Gasteiger partial charge in [0.25, 0.3) is 0 Å². The number of piperidine rings is 2. The molecule has 0 aromatic heterocycles. The van der Waals surface area contributed by atoms with Crippen LogP contribution in [0.2, 0.25) is 0 Å². The largest absolute Gasteiger partial charge is 0.399 e. The first-order chi connectivity index (χ1) is 16.0. The van der Waals surface area contributed by atoms with Gasteiger partial charge in [0.15, 0.2) is 0 Å². The van der Waals surface area contributed by atoms with Crippen molar-refractivity contribution in [3.8, 4) is 0 Å². The van der Waals surface area contributed by atoms with Crippen LogP contribution in [0.5, 0.6) is 0 Å². The summed E-state index contributed by atoms with van der Waals surface area (Å²) < 4.78 is 24.5. The van der Waals surface area contributed by atoms with E-state index < -0.39 is 20.9 Å². The molecule has 2 heterocycles. The maximum absolute atomic E-state index is 11.8. The third kappa shape index (κ3) is 3.35. The van der Waals surface area contributed by atoms with Crippen LogP contribution in [0.3, 0.4) is 0 Å². The van der Waals surface area contributed by atoms with Gasteiger partial charge in [0.2, 0.25) is 33.7 Å². The van der Waals surface area contributed by atoms with Crippen LogP contribution in [0.15, 0.2) is 48.5 Å². The van der Waals surface area contributed by atoms with Crippen molar-refractivity contribution in [2.24, 2.45) is 11.8 Å². The first-order valence-corrected chi connectivity index (χ1v) is 12.5. The van der Waals surface area contributed by atoms with Crippen LogP contribution in [0.25, 0.3) is 0 Å². The molecule has 11 heteroatoms. The maximum atomic E-state index is 11.8. The molecule has 0 radical (unpaired) electrons. The zero-order valence-corrected chi connectivity index (χ0v) is 18.9. The number of rotatable bonds is 4. The van der Waals surface area contributed by atoms with E-state index in [-0.39, 0.29) is 35.5 Å². The van der Waals surface area contributed by atoms with E-state index in [1.165, 1.54) is 0 Å². The predicted molar refractivity (Wildman–Crippen MR) is 122 cm³/mol. The van der Waals surface area contributed by atoms with Gasteiger partial charge in [-0.3, -0.25) is 34.5 Å². The fourth-order valence-corrected chi connectivity index (χ4v) is 5.58. The molecule has 4 amide bonds. The molecule has 4 aliphatic rings. The van der Waals surface area contributed by atoms with E-state index in [2.05, 4.69) is 15.4 Å². The number of anilines is 2. The highest BCUT2D eigenvalue weighted by Gasteiger charge is 2.70. The molecule has 2 aromatic carbocycles. The number of nitrogen functional groups attached to an aromatic ring is 1. The molecule has 4 unspecified atom stereocenters. The van der Waals surface area contributed by atoms with Gasteiger partial charge >= 0.3 is 0 Å². The van der Waals surface area contributed by atoms with Gasteiger partial charge in [-0.15, -0.1) is 0 Å². The summed E-state index contributed by atoms with van der Waals surface area (Å²) in [6.07, 6.45) is 2.25. The van der Waals surface area contributed by atoms with Crippen LogP contribution in [-0.2, 0) is 40.0 Å². The second-order valence-electron chi connectivity index (χ2n) is 9.17. The van der Waals surface area contributed by atoms with E-state index in [4.69, 9.17) is 5.73 Å². The van der Waals surface area contributed by atoms with Gasteiger partial charge in [0.1, 0.15) is 0 Å². The first-order valence-electron chi connectivity index (χ1n) is 10.6. The second kappa shape index (κ2) is 7.13. The van der Waals surface area contributed by atoms with Gasteiger partial charge in [-0.2, -0.15) is 0 Å². The van der Waals surface area contributed by atoms with E-state index in [0.29, 0.717) is 24.2 Å². The van der Waals surface area contributed by atoms with E-state index in [1.807, 2.05) is 12.1 Å². The molecule has 2 saturated heterocycles. The highest BCUT2D eigenvalue weighted by Crippen LogP contribution is 2.58. The molecule has 6 rings (SSSR count). The Balaban J connectivity index is 0.000000145. The van der Waals surface area contributed by atoms with Gasteiger partial charge in [0, 0.05) is 11.4 Å². The second-order valence-corrected chi connectivity index (χ2v) is 10.9. The number of carbonyl (C=O) groups is 4. The molecular formula is C23H22N4O6S. The molecule has 4 atom stereocenters. The van der Waals surface area contributed by atoms with Crippen molar-refractivity contribution in [2.75, 3.05) is 16.7 Å². The van der Waals surface area contributed by atoms with Gasteiger partial charge < -0.3 is 5.73 Å². The average molecular weight is 483 g/mol. The lowest BCUT2D eigenvalue weighted by atomic mass is 9.94. The van der Waals surface area contributed by atoms with Crippen molar-refractivity contribution in [3.63, 3.8) is 0 Å². The molecule has 2 aromatic rings. The van der Waals surface area contributed by atoms with Crippen LogP contribution >= 0.6 is 0 Å². The summed E-state index contributed by atoms with van der Waals surface area (Å²) in [4.78, 5) is 46.2. The molecule has 0 spiro atoms. The molecule has 5 N–H and O–H groups in total. The number of imide groups is 2. The van der Waals surface area contributed by atoms with Crippen molar-refractivity contribution in [3.05, 3.63) is 59.7 Å². The molecule has 176 valence electrons. The Morgan fingerprint density at radius 3 is 1.53 bits per heavy atom. The van der Waals surface area contributed by atoms with Crippen molar-refractivity contribution < 1.29 is 27.6 Å². The number of hydrogen-bond acceptors (Lipinski definition) is 7. The summed E-state index contributed by atoms with van der Waals surface area (Å²) in [5, 5.41) is 4.68. The normalized spacial score (nSPS) is 30.4. The Kier molecular flexibility index (Phi) is 4.63. The summed E-state index contributed by atoms with van der Waals surface area (Å²) in [6, 6.07) is 13.7. The Labute approximate surface area is 195 Å². The molecule has 10 nitrogen and oxygen atoms in total.